The summed E-state index contributed by atoms with van der Waals surface area (Å²) in [5.74, 6) is 0. The monoisotopic (exact) mass is 246 g/mol. The normalized spacial score (nSPS) is 6.55. The first-order valence-corrected chi connectivity index (χ1v) is 2.83. The Morgan fingerprint density at radius 1 is 0.727 bits per heavy atom. The fourth-order valence-electron chi connectivity index (χ4n) is 0. The zero-order valence-electron chi connectivity index (χ0n) is 7.55. The molecule has 0 saturated carbocycles. The first kappa shape index (κ1) is 29.8. The molecule has 0 unspecified atom stereocenters. The number of rotatable bonds is 0. The van der Waals surface area contributed by atoms with Gasteiger partial charge in [-0.3, -0.25) is 0 Å². The Hall–Kier alpha value is 0.723. The molecule has 72 valence electrons. The van der Waals surface area contributed by atoms with Crippen molar-refractivity contribution in [3.05, 3.63) is 0 Å². The zero-order chi connectivity index (χ0) is 7.15. The van der Waals surface area contributed by atoms with Gasteiger partial charge in [-0.15, -0.1) is 0 Å². The summed E-state index contributed by atoms with van der Waals surface area (Å²) in [6.45, 7) is 6.89. The van der Waals surface area contributed by atoms with Crippen LogP contribution in [0.15, 0.2) is 0 Å². The van der Waals surface area contributed by atoms with Gasteiger partial charge in [0.25, 0.3) is 0 Å². The van der Waals surface area contributed by atoms with E-state index >= 15 is 0 Å². The van der Waals surface area contributed by atoms with Gasteiger partial charge in [-0.25, -0.2) is 0 Å². The van der Waals surface area contributed by atoms with Crippen LogP contribution in [0.3, 0.4) is 0 Å². The first-order valence-electron chi connectivity index (χ1n) is 2.83. The van der Waals surface area contributed by atoms with Gasteiger partial charge in [0.15, 0.2) is 0 Å². The minimum Gasteiger partial charge on any atom is -0.412 e. The van der Waals surface area contributed by atoms with E-state index in [0.717, 1.165) is 0 Å². The van der Waals surface area contributed by atoms with Gasteiger partial charge < -0.3 is 21.2 Å². The predicted octanol–water partition coefficient (Wildman–Crippen LogP) is -0.878. The van der Waals surface area contributed by atoms with Crippen LogP contribution in [0.25, 0.3) is 0 Å². The van der Waals surface area contributed by atoms with E-state index in [4.69, 9.17) is 10.2 Å². The van der Waals surface area contributed by atoms with E-state index in [1.54, 1.807) is 27.7 Å². The van der Waals surface area contributed by atoms with Gasteiger partial charge >= 0.3 is 0 Å². The summed E-state index contributed by atoms with van der Waals surface area (Å²) in [5.41, 5.74) is 0. The number of hydrogen-bond acceptors (Lipinski definition) is 2. The Bertz CT molecular complexity index is 30.1. The van der Waals surface area contributed by atoms with Crippen LogP contribution in [0.5, 0.6) is 0 Å². The Morgan fingerprint density at radius 2 is 0.727 bits per heavy atom. The average molecular weight is 247 g/mol. The molecule has 11 heavy (non-hydrogen) atoms. The molecular formula is C6H20O4Zr. The molecule has 0 rings (SSSR count). The van der Waals surface area contributed by atoms with E-state index in [1.165, 1.54) is 0 Å². The van der Waals surface area contributed by atoms with Crippen molar-refractivity contribution in [3.8, 4) is 0 Å². The van der Waals surface area contributed by atoms with Crippen molar-refractivity contribution in [1.82, 2.24) is 0 Å². The Kier molecular flexibility index (Phi) is 60.8. The Labute approximate surface area is 87.4 Å². The van der Waals surface area contributed by atoms with Crippen molar-refractivity contribution in [2.75, 3.05) is 0 Å². The molecule has 4 nitrogen and oxygen atoms in total. The molecule has 0 atom stereocenters. The quantitative estimate of drug-likeness (QED) is 0.580. The van der Waals surface area contributed by atoms with Crippen LogP contribution in [0.4, 0.5) is 0 Å². The Balaban J connectivity index is -0.0000000171. The summed E-state index contributed by atoms with van der Waals surface area (Å²) in [5, 5.41) is 16.1. The molecule has 0 amide bonds. The van der Waals surface area contributed by atoms with Gasteiger partial charge in [-0.2, -0.15) is 0 Å². The van der Waals surface area contributed by atoms with Crippen LogP contribution in [0.1, 0.15) is 27.7 Å². The van der Waals surface area contributed by atoms with E-state index in [2.05, 4.69) is 0 Å². The fourth-order valence-corrected chi connectivity index (χ4v) is 0. The van der Waals surface area contributed by atoms with Gasteiger partial charge in [0.1, 0.15) is 0 Å². The predicted molar refractivity (Wildman–Crippen MR) is 41.9 cm³/mol. The third-order valence-corrected chi connectivity index (χ3v) is 0. The van der Waals surface area contributed by atoms with Crippen LogP contribution < -0.4 is 0 Å². The minimum atomic E-state index is -0.167. The van der Waals surface area contributed by atoms with Crippen molar-refractivity contribution >= 4 is 0 Å². The molecule has 6 N–H and O–H groups in total. The molecule has 5 heteroatoms. The summed E-state index contributed by atoms with van der Waals surface area (Å²) in [7, 11) is 0. The van der Waals surface area contributed by atoms with Crippen molar-refractivity contribution < 1.29 is 47.4 Å². The maximum atomic E-state index is 8.06. The van der Waals surface area contributed by atoms with E-state index < -0.39 is 0 Å². The second-order valence-electron chi connectivity index (χ2n) is 2.19. The van der Waals surface area contributed by atoms with Crippen LogP contribution in [0, 0.1) is 0 Å². The molecule has 0 spiro atoms. The van der Waals surface area contributed by atoms with E-state index in [0.29, 0.717) is 0 Å². The summed E-state index contributed by atoms with van der Waals surface area (Å²) < 4.78 is 0. The number of hydrogen-bond donors (Lipinski definition) is 2. The maximum absolute atomic E-state index is 8.06. The molecule has 0 saturated heterocycles. The summed E-state index contributed by atoms with van der Waals surface area (Å²) in [6.07, 6.45) is -0.333. The summed E-state index contributed by atoms with van der Waals surface area (Å²) >= 11 is 0. The molecule has 0 heterocycles. The molecule has 0 aromatic rings. The largest absolute Gasteiger partial charge is 0.412 e. The first-order chi connectivity index (χ1) is 3.46. The minimum absolute atomic E-state index is 0. The third kappa shape index (κ3) is 1560. The fraction of sp³-hybridized carbons (Fsp3) is 1.00. The molecule has 0 fully saturated rings. The van der Waals surface area contributed by atoms with Gasteiger partial charge in [0.05, 0.1) is 0 Å². The summed E-state index contributed by atoms with van der Waals surface area (Å²) in [4.78, 5) is 0. The molecule has 0 radical (unpaired) electrons. The average Bonchev–Trinajstić information content (AvgIpc) is 1.25. The van der Waals surface area contributed by atoms with Gasteiger partial charge in [0, 0.05) is 38.4 Å². The van der Waals surface area contributed by atoms with Crippen molar-refractivity contribution in [2.24, 2.45) is 0 Å². The molecule has 0 aliphatic rings. The molecule has 0 aliphatic carbocycles. The number of aliphatic hydroxyl groups is 2. The van der Waals surface area contributed by atoms with Crippen LogP contribution >= 0.6 is 0 Å². The van der Waals surface area contributed by atoms with Crippen LogP contribution in [0.2, 0.25) is 0 Å². The molecular weight excluding hydrogens is 227 g/mol. The second-order valence-corrected chi connectivity index (χ2v) is 2.19. The van der Waals surface area contributed by atoms with Crippen LogP contribution in [-0.4, -0.2) is 33.4 Å². The Morgan fingerprint density at radius 3 is 0.727 bits per heavy atom. The standard InChI is InChI=1S/2C3H8O.2H2O.Zr/c2*1-3(2)4;;;/h2*3-4H,1-2H3;2*1H2;. The van der Waals surface area contributed by atoms with Crippen LogP contribution in [-0.2, 0) is 26.2 Å². The van der Waals surface area contributed by atoms with E-state index in [9.17, 15) is 0 Å². The molecule has 0 aliphatic heterocycles. The van der Waals surface area contributed by atoms with Crippen molar-refractivity contribution in [1.29, 1.82) is 0 Å². The maximum Gasteiger partial charge on any atom is 0.0483 e. The topological polar surface area (TPSA) is 103 Å². The van der Waals surface area contributed by atoms with Crippen molar-refractivity contribution in [2.45, 2.75) is 39.9 Å². The third-order valence-electron chi connectivity index (χ3n) is 0. The van der Waals surface area contributed by atoms with Gasteiger partial charge in [-0.1, -0.05) is 0 Å². The van der Waals surface area contributed by atoms with Gasteiger partial charge in [-0.05, 0) is 27.7 Å². The van der Waals surface area contributed by atoms with E-state index in [-0.39, 0.29) is 49.4 Å². The van der Waals surface area contributed by atoms with Crippen molar-refractivity contribution in [3.63, 3.8) is 0 Å². The molecule has 0 bridgehead atoms. The van der Waals surface area contributed by atoms with E-state index in [1.807, 2.05) is 0 Å². The second kappa shape index (κ2) is 22.4. The zero-order valence-corrected chi connectivity index (χ0v) is 10.0. The number of aliphatic hydroxyl groups excluding tert-OH is 2. The smallest absolute Gasteiger partial charge is 0.0483 e. The van der Waals surface area contributed by atoms with Gasteiger partial charge in [0.2, 0.25) is 0 Å². The molecule has 0 aromatic carbocycles. The molecule has 0 aromatic heterocycles. The summed E-state index contributed by atoms with van der Waals surface area (Å²) in [6, 6.07) is 0. The SMILES string of the molecule is CC(C)O.CC(C)O.O.O.[Zr].